The van der Waals surface area contributed by atoms with Crippen molar-refractivity contribution in [3.05, 3.63) is 17.0 Å². The minimum atomic E-state index is -0.142. The van der Waals surface area contributed by atoms with Crippen molar-refractivity contribution in [1.82, 2.24) is 14.7 Å². The van der Waals surface area contributed by atoms with Crippen LogP contribution in [0.1, 0.15) is 29.4 Å². The number of nitrogens with one attached hydrogen (secondary N) is 1. The lowest BCUT2D eigenvalue weighted by Crippen LogP contribution is -2.51. The molecule has 2 aliphatic rings. The maximum absolute atomic E-state index is 12.6. The Balaban J connectivity index is 1.48. The third kappa shape index (κ3) is 4.58. The average Bonchev–Trinajstić information content (AvgIpc) is 3.26. The Labute approximate surface area is 151 Å². The van der Waals surface area contributed by atoms with Gasteiger partial charge in [-0.15, -0.1) is 11.3 Å². The molecule has 2 aliphatic heterocycles. The molecule has 0 aromatic carbocycles. The first-order valence-electron chi connectivity index (χ1n) is 8.70. The van der Waals surface area contributed by atoms with Crippen LogP contribution in [0.15, 0.2) is 12.1 Å². The second-order valence-electron chi connectivity index (χ2n) is 6.50. The van der Waals surface area contributed by atoms with E-state index < -0.39 is 0 Å². The van der Waals surface area contributed by atoms with Gasteiger partial charge in [-0.3, -0.25) is 19.3 Å². The Bertz CT molecular complexity index is 646. The molecule has 2 saturated heterocycles. The molecule has 1 aromatic rings. The molecule has 7 nitrogen and oxygen atoms in total. The van der Waals surface area contributed by atoms with E-state index in [0.717, 1.165) is 39.0 Å². The van der Waals surface area contributed by atoms with E-state index in [1.165, 1.54) is 18.3 Å². The fourth-order valence-corrected chi connectivity index (χ4v) is 4.14. The molecule has 0 spiro atoms. The number of thiophene rings is 1. The van der Waals surface area contributed by atoms with Crippen molar-refractivity contribution in [1.29, 1.82) is 0 Å². The summed E-state index contributed by atoms with van der Waals surface area (Å²) >= 11 is 1.29. The maximum atomic E-state index is 12.6. The van der Waals surface area contributed by atoms with E-state index >= 15 is 0 Å². The molecule has 0 atom stereocenters. The number of hydrogen-bond donors (Lipinski definition) is 1. The zero-order valence-corrected chi connectivity index (χ0v) is 15.3. The van der Waals surface area contributed by atoms with Gasteiger partial charge in [0.25, 0.3) is 5.91 Å². The first-order valence-corrected chi connectivity index (χ1v) is 9.51. The lowest BCUT2D eigenvalue weighted by Gasteiger charge is -2.34. The Hall–Kier alpha value is -1.93. The van der Waals surface area contributed by atoms with Crippen LogP contribution < -0.4 is 5.32 Å². The van der Waals surface area contributed by atoms with Gasteiger partial charge in [0.05, 0.1) is 16.4 Å². The predicted molar refractivity (Wildman–Crippen MR) is 96.8 cm³/mol. The molecule has 3 heterocycles. The molecule has 0 radical (unpaired) electrons. The molecule has 0 unspecified atom stereocenters. The van der Waals surface area contributed by atoms with Gasteiger partial charge in [0.15, 0.2) is 0 Å². The van der Waals surface area contributed by atoms with E-state index in [1.54, 1.807) is 12.1 Å². The summed E-state index contributed by atoms with van der Waals surface area (Å²) in [4.78, 5) is 42.4. The summed E-state index contributed by atoms with van der Waals surface area (Å²) in [5.41, 5.74) is 0. The molecule has 2 fully saturated rings. The molecular weight excluding hydrogens is 340 g/mol. The topological polar surface area (TPSA) is 73.0 Å². The zero-order valence-electron chi connectivity index (χ0n) is 14.5. The summed E-state index contributed by atoms with van der Waals surface area (Å²) in [6.45, 7) is 6.35. The minimum Gasteiger partial charge on any atom is -0.342 e. The Morgan fingerprint density at radius 3 is 2.32 bits per heavy atom. The number of carbonyl (C=O) groups is 3. The van der Waals surface area contributed by atoms with Crippen LogP contribution in [0, 0.1) is 0 Å². The van der Waals surface area contributed by atoms with Crippen LogP contribution in [-0.4, -0.2) is 78.2 Å². The van der Waals surface area contributed by atoms with Crippen molar-refractivity contribution in [2.45, 2.75) is 19.8 Å². The first kappa shape index (κ1) is 17.9. The third-order valence-electron chi connectivity index (χ3n) is 4.59. The standard InChI is InChI=1S/C17H24N4O3S/c1-13(22)18-15-5-4-14(25-15)17(24)21-10-8-19(9-11-21)12-16(23)20-6-2-3-7-20/h4-5H,2-3,6-12H2,1H3,(H,18,22). The van der Waals surface area contributed by atoms with Crippen molar-refractivity contribution < 1.29 is 14.4 Å². The third-order valence-corrected chi connectivity index (χ3v) is 5.58. The van der Waals surface area contributed by atoms with Crippen LogP contribution in [0.3, 0.4) is 0 Å². The van der Waals surface area contributed by atoms with Gasteiger partial charge in [0.2, 0.25) is 11.8 Å². The molecular formula is C17H24N4O3S. The highest BCUT2D eigenvalue weighted by Crippen LogP contribution is 2.23. The second kappa shape index (κ2) is 7.97. The lowest BCUT2D eigenvalue weighted by atomic mass is 10.3. The average molecular weight is 364 g/mol. The van der Waals surface area contributed by atoms with Crippen LogP contribution in [0.25, 0.3) is 0 Å². The number of anilines is 1. The number of likely N-dealkylation sites (tertiary alicyclic amines) is 1. The van der Waals surface area contributed by atoms with Gasteiger partial charge in [-0.05, 0) is 25.0 Å². The number of rotatable bonds is 4. The molecule has 3 amide bonds. The van der Waals surface area contributed by atoms with Gasteiger partial charge in [0, 0.05) is 46.2 Å². The van der Waals surface area contributed by atoms with Crippen molar-refractivity contribution in [2.75, 3.05) is 51.1 Å². The van der Waals surface area contributed by atoms with Crippen molar-refractivity contribution in [2.24, 2.45) is 0 Å². The molecule has 1 N–H and O–H groups in total. The van der Waals surface area contributed by atoms with Crippen molar-refractivity contribution >= 4 is 34.1 Å². The van der Waals surface area contributed by atoms with Gasteiger partial charge in [-0.2, -0.15) is 0 Å². The largest absolute Gasteiger partial charge is 0.342 e. The van der Waals surface area contributed by atoms with E-state index in [2.05, 4.69) is 10.2 Å². The van der Waals surface area contributed by atoms with E-state index in [9.17, 15) is 14.4 Å². The highest BCUT2D eigenvalue weighted by Gasteiger charge is 2.26. The first-order chi connectivity index (χ1) is 12.0. The molecule has 0 saturated carbocycles. The number of carbonyl (C=O) groups excluding carboxylic acids is 3. The van der Waals surface area contributed by atoms with Gasteiger partial charge in [-0.1, -0.05) is 0 Å². The fourth-order valence-electron chi connectivity index (χ4n) is 3.22. The summed E-state index contributed by atoms with van der Waals surface area (Å²) in [5.74, 6) is 0.0553. The van der Waals surface area contributed by atoms with E-state index in [4.69, 9.17) is 0 Å². The van der Waals surface area contributed by atoms with Crippen molar-refractivity contribution in [3.63, 3.8) is 0 Å². The Kier molecular flexibility index (Phi) is 5.70. The molecule has 8 heteroatoms. The van der Waals surface area contributed by atoms with E-state index in [1.807, 2.05) is 9.80 Å². The smallest absolute Gasteiger partial charge is 0.264 e. The minimum absolute atomic E-state index is 0.00729. The number of piperazine rings is 1. The Morgan fingerprint density at radius 1 is 1.00 bits per heavy atom. The quantitative estimate of drug-likeness (QED) is 0.868. The summed E-state index contributed by atoms with van der Waals surface area (Å²) < 4.78 is 0. The summed E-state index contributed by atoms with van der Waals surface area (Å²) in [5, 5.41) is 3.38. The van der Waals surface area contributed by atoms with Gasteiger partial charge >= 0.3 is 0 Å². The summed E-state index contributed by atoms with van der Waals surface area (Å²) in [6.07, 6.45) is 2.21. The normalized spacial score (nSPS) is 18.4. The summed E-state index contributed by atoms with van der Waals surface area (Å²) in [6, 6.07) is 3.51. The van der Waals surface area contributed by atoms with Crippen LogP contribution in [0.2, 0.25) is 0 Å². The van der Waals surface area contributed by atoms with Crippen molar-refractivity contribution in [3.8, 4) is 0 Å². The maximum Gasteiger partial charge on any atom is 0.264 e. The monoisotopic (exact) mass is 364 g/mol. The SMILES string of the molecule is CC(=O)Nc1ccc(C(=O)N2CCN(CC(=O)N3CCCC3)CC2)s1. The van der Waals surface area contributed by atoms with Crippen LogP contribution in [0.5, 0.6) is 0 Å². The number of hydrogen-bond acceptors (Lipinski definition) is 5. The Morgan fingerprint density at radius 2 is 1.68 bits per heavy atom. The zero-order chi connectivity index (χ0) is 17.8. The van der Waals surface area contributed by atoms with Crippen LogP contribution in [0.4, 0.5) is 5.00 Å². The highest BCUT2D eigenvalue weighted by atomic mass is 32.1. The second-order valence-corrected chi connectivity index (χ2v) is 7.59. The molecule has 136 valence electrons. The van der Waals surface area contributed by atoms with Gasteiger partial charge in [0.1, 0.15) is 0 Å². The van der Waals surface area contributed by atoms with Crippen LogP contribution in [-0.2, 0) is 9.59 Å². The molecule has 3 rings (SSSR count). The van der Waals surface area contributed by atoms with E-state index in [0.29, 0.717) is 29.5 Å². The van der Waals surface area contributed by atoms with Gasteiger partial charge in [-0.25, -0.2) is 0 Å². The highest BCUT2D eigenvalue weighted by molar-refractivity contribution is 7.18. The molecule has 0 aliphatic carbocycles. The molecule has 25 heavy (non-hydrogen) atoms. The predicted octanol–water partition coefficient (Wildman–Crippen LogP) is 1.09. The van der Waals surface area contributed by atoms with E-state index in [-0.39, 0.29) is 17.7 Å². The molecule has 0 bridgehead atoms. The number of nitrogens with zero attached hydrogens (tertiary/aromatic N) is 3. The number of amides is 3. The fraction of sp³-hybridized carbons (Fsp3) is 0.588. The van der Waals surface area contributed by atoms with Crippen LogP contribution >= 0.6 is 11.3 Å². The molecule has 1 aromatic heterocycles. The lowest BCUT2D eigenvalue weighted by molar-refractivity contribution is -0.131. The van der Waals surface area contributed by atoms with Gasteiger partial charge < -0.3 is 15.1 Å². The summed E-state index contributed by atoms with van der Waals surface area (Å²) in [7, 11) is 0.